The second-order valence-electron chi connectivity index (χ2n) is 24.9. The Morgan fingerprint density at radius 2 is 1.30 bits per heavy atom. The number of allylic oxidation sites excluding steroid dienone is 2. The molecule has 0 aromatic carbocycles. The fourth-order valence-electron chi connectivity index (χ4n) is 15.6. The Bertz CT molecular complexity index is 2060. The van der Waals surface area contributed by atoms with Crippen molar-refractivity contribution in [2.24, 2.45) is 39.9 Å². The summed E-state index contributed by atoms with van der Waals surface area (Å²) in [5.74, 6) is -0.538. The first-order valence-corrected chi connectivity index (χ1v) is 27.5. The lowest BCUT2D eigenvalue weighted by atomic mass is 9.42. The van der Waals surface area contributed by atoms with Crippen molar-refractivity contribution in [3.05, 3.63) is 11.6 Å². The highest BCUT2D eigenvalue weighted by molar-refractivity contribution is 5.85. The number of ether oxygens (including phenoxy) is 10. The molecule has 436 valence electrons. The molecule has 1 spiro atoms. The van der Waals surface area contributed by atoms with Gasteiger partial charge < -0.3 is 109 Å². The minimum atomic E-state index is -1.91. The molecule has 5 saturated heterocycles. The van der Waals surface area contributed by atoms with Crippen LogP contribution in [-0.2, 0) is 52.2 Å². The Morgan fingerprint density at radius 3 is 1.93 bits per heavy atom. The highest BCUT2D eigenvalue weighted by Crippen LogP contribution is 2.73. The second-order valence-corrected chi connectivity index (χ2v) is 24.9. The summed E-state index contributed by atoms with van der Waals surface area (Å²) in [7, 11) is 1.20. The van der Waals surface area contributed by atoms with Gasteiger partial charge in [-0.1, -0.05) is 52.7 Å². The SMILES string of the molecule is CO[C@@H]1[C@@H](O)[C@H](O[C@@H]2[C@@H](O)[C@H](O[C@H]3[C@H](O)[C@@H](O)[C@H](O[C@H]4[C@H](O[C@H]5CC[C@@]6(C)C(CC=C7[C@@H]8CC[C@@]9(O)[C@@]8(C(=O)O[C@]9(C)CCCC(C)C)[C@H](O)C[C@@H]76)C5(C)C)OC[C@@H](O)[C@@H]4O)O[C@@H]3C)O[C@H](CO)[C@H]2O)O[C@H](CO)[C@H]1O. The maximum atomic E-state index is 14.3. The molecule has 0 amide bonds. The Hall–Kier alpha value is -1.63. The second kappa shape index (κ2) is 21.9. The minimum absolute atomic E-state index is 0.00645. The van der Waals surface area contributed by atoms with E-state index in [4.69, 9.17) is 47.4 Å². The number of aliphatic hydroxyl groups is 12. The van der Waals surface area contributed by atoms with E-state index in [1.54, 1.807) is 0 Å². The van der Waals surface area contributed by atoms with Gasteiger partial charge in [-0.2, -0.15) is 0 Å². The molecule has 8 fully saturated rings. The standard InChI is InChI=1S/C53H86O23/c1-22(2)10-9-15-51(7)52(66)17-13-25-24-11-12-30-49(4,5)32(14-16-50(30,6)26(24)18-31(57)53(25,52)48(65)76-51)72-47-43(33(58)27(56)21-68-47)75-44-37(62)36(61)40(23(3)69-44)73-46-39(64)42(35(60)29(20-55)71-46)74-45-38(63)41(67-8)34(59)28(19-54)70-45/h11,22-23,25-47,54-64,66H,9-10,12-21H2,1-8H3/t23-,25+,26+,27-,28-,29-,30?,31-,32+,33+,34-,35-,36-,37-,38-,39-,40-,41+,42+,43-,44+,45+,46+,47+,50-,51-,52+,53-/m1/s1. The molecule has 0 aromatic heterocycles. The third-order valence-corrected chi connectivity index (χ3v) is 19.9. The van der Waals surface area contributed by atoms with E-state index in [-0.39, 0.29) is 36.2 Å². The van der Waals surface area contributed by atoms with Gasteiger partial charge in [0.2, 0.25) is 0 Å². The van der Waals surface area contributed by atoms with Crippen LogP contribution in [0.3, 0.4) is 0 Å². The molecule has 0 radical (unpaired) electrons. The number of hydrogen-bond donors (Lipinski definition) is 12. The lowest BCUT2D eigenvalue weighted by molar-refractivity contribution is -0.389. The van der Waals surface area contributed by atoms with Crippen LogP contribution in [0.15, 0.2) is 11.6 Å². The molecule has 0 bridgehead atoms. The number of cyclic esters (lactones) is 1. The summed E-state index contributed by atoms with van der Waals surface area (Å²) in [4.78, 5) is 14.3. The van der Waals surface area contributed by atoms with Gasteiger partial charge >= 0.3 is 5.97 Å². The first kappa shape index (κ1) is 59.0. The van der Waals surface area contributed by atoms with E-state index < -0.39 is 170 Å². The molecule has 5 aliphatic heterocycles. The van der Waals surface area contributed by atoms with E-state index in [1.165, 1.54) is 14.0 Å². The fraction of sp³-hybridized carbons (Fsp3) is 0.943. The average Bonchev–Trinajstić information content (AvgIpc) is 4.04. The van der Waals surface area contributed by atoms with Gasteiger partial charge in [0.1, 0.15) is 102 Å². The van der Waals surface area contributed by atoms with Crippen LogP contribution in [0.1, 0.15) is 106 Å². The zero-order valence-corrected chi connectivity index (χ0v) is 44.9. The fourth-order valence-corrected chi connectivity index (χ4v) is 15.6. The van der Waals surface area contributed by atoms with Crippen LogP contribution < -0.4 is 0 Å². The van der Waals surface area contributed by atoms with Crippen molar-refractivity contribution in [1.29, 1.82) is 0 Å². The van der Waals surface area contributed by atoms with Crippen LogP contribution in [-0.4, -0.2) is 234 Å². The Balaban J connectivity index is 0.870. The third-order valence-electron chi connectivity index (χ3n) is 19.9. The molecule has 4 aliphatic carbocycles. The topological polar surface area (TPSA) is 352 Å². The number of carbonyl (C=O) groups excluding carboxylic acids is 1. The molecule has 0 aromatic rings. The normalized spacial score (nSPS) is 53.1. The van der Waals surface area contributed by atoms with Gasteiger partial charge in [-0.15, -0.1) is 0 Å². The number of rotatable bonds is 15. The molecular formula is C53H86O23. The first-order valence-electron chi connectivity index (χ1n) is 27.5. The number of methoxy groups -OCH3 is 1. The summed E-state index contributed by atoms with van der Waals surface area (Å²) in [6.45, 7) is 12.2. The van der Waals surface area contributed by atoms with Gasteiger partial charge in [-0.25, -0.2) is 0 Å². The monoisotopic (exact) mass is 1090 g/mol. The number of fused-ring (bicyclic) bond motifs is 4. The molecule has 9 aliphatic rings. The van der Waals surface area contributed by atoms with Gasteiger partial charge in [0, 0.05) is 13.0 Å². The lowest BCUT2D eigenvalue weighted by Gasteiger charge is -2.63. The predicted octanol–water partition coefficient (Wildman–Crippen LogP) is -1.61. The smallest absolute Gasteiger partial charge is 0.319 e. The van der Waals surface area contributed by atoms with Crippen LogP contribution in [0, 0.1) is 39.9 Å². The van der Waals surface area contributed by atoms with Crippen LogP contribution in [0.25, 0.3) is 0 Å². The Kier molecular flexibility index (Phi) is 17.0. The maximum absolute atomic E-state index is 14.3. The van der Waals surface area contributed by atoms with Crippen LogP contribution in [0.4, 0.5) is 0 Å². The van der Waals surface area contributed by atoms with Gasteiger partial charge in [-0.05, 0) is 93.8 Å². The van der Waals surface area contributed by atoms with Crippen molar-refractivity contribution in [3.8, 4) is 0 Å². The minimum Gasteiger partial charge on any atom is -0.456 e. The predicted molar refractivity (Wildman–Crippen MR) is 259 cm³/mol. The van der Waals surface area contributed by atoms with E-state index in [2.05, 4.69) is 40.7 Å². The van der Waals surface area contributed by atoms with Crippen molar-refractivity contribution in [2.75, 3.05) is 26.9 Å². The van der Waals surface area contributed by atoms with E-state index in [0.29, 0.717) is 44.4 Å². The molecular weight excluding hydrogens is 1000 g/mol. The van der Waals surface area contributed by atoms with Gasteiger partial charge in [0.15, 0.2) is 25.2 Å². The van der Waals surface area contributed by atoms with Crippen molar-refractivity contribution in [1.82, 2.24) is 0 Å². The van der Waals surface area contributed by atoms with Crippen LogP contribution in [0.5, 0.6) is 0 Å². The summed E-state index contributed by atoms with van der Waals surface area (Å²) in [6, 6.07) is 0. The van der Waals surface area contributed by atoms with Gasteiger partial charge in [-0.3, -0.25) is 4.79 Å². The molecule has 5 heterocycles. The highest BCUT2D eigenvalue weighted by Gasteiger charge is 2.82. The van der Waals surface area contributed by atoms with Crippen LogP contribution in [0.2, 0.25) is 0 Å². The molecule has 28 atom stereocenters. The number of hydrogen-bond acceptors (Lipinski definition) is 23. The van der Waals surface area contributed by atoms with Crippen molar-refractivity contribution in [3.63, 3.8) is 0 Å². The molecule has 1 unspecified atom stereocenters. The zero-order chi connectivity index (χ0) is 55.4. The molecule has 23 heteroatoms. The zero-order valence-electron chi connectivity index (χ0n) is 44.9. The van der Waals surface area contributed by atoms with E-state index in [1.807, 2.05) is 6.92 Å². The van der Waals surface area contributed by atoms with Crippen LogP contribution >= 0.6 is 0 Å². The molecule has 3 saturated carbocycles. The molecule has 23 nitrogen and oxygen atoms in total. The van der Waals surface area contributed by atoms with E-state index in [9.17, 15) is 66.1 Å². The lowest BCUT2D eigenvalue weighted by Crippen LogP contribution is -2.67. The van der Waals surface area contributed by atoms with Crippen molar-refractivity contribution >= 4 is 5.97 Å². The molecule has 76 heavy (non-hydrogen) atoms. The molecule has 12 N–H and O–H groups in total. The number of carbonyl (C=O) groups is 1. The van der Waals surface area contributed by atoms with E-state index >= 15 is 0 Å². The summed E-state index contributed by atoms with van der Waals surface area (Å²) in [5.41, 5.74) is -3.92. The summed E-state index contributed by atoms with van der Waals surface area (Å²) in [5, 5.41) is 134. The Morgan fingerprint density at radius 1 is 0.697 bits per heavy atom. The summed E-state index contributed by atoms with van der Waals surface area (Å²) in [6.07, 6.45) is -24.1. The van der Waals surface area contributed by atoms with E-state index in [0.717, 1.165) is 18.4 Å². The van der Waals surface area contributed by atoms with Gasteiger partial charge in [0.25, 0.3) is 0 Å². The maximum Gasteiger partial charge on any atom is 0.319 e. The summed E-state index contributed by atoms with van der Waals surface area (Å²) < 4.78 is 59.5. The van der Waals surface area contributed by atoms with Gasteiger partial charge in [0.05, 0.1) is 38.1 Å². The summed E-state index contributed by atoms with van der Waals surface area (Å²) >= 11 is 0. The Labute approximate surface area is 443 Å². The average molecular weight is 1090 g/mol. The van der Waals surface area contributed by atoms with Crippen molar-refractivity contribution < 1.29 is 113 Å². The third kappa shape index (κ3) is 9.37. The molecule has 9 rings (SSSR count). The number of aliphatic hydroxyl groups excluding tert-OH is 11. The number of esters is 1. The first-order chi connectivity index (χ1) is 35.8. The quantitative estimate of drug-likeness (QED) is 0.0648. The highest BCUT2D eigenvalue weighted by atomic mass is 16.8. The van der Waals surface area contributed by atoms with Crippen molar-refractivity contribution in [2.45, 2.75) is 246 Å². The largest absolute Gasteiger partial charge is 0.456 e.